The van der Waals surface area contributed by atoms with Crippen molar-refractivity contribution in [2.45, 2.75) is 38.1 Å². The van der Waals surface area contributed by atoms with Gasteiger partial charge in [-0.25, -0.2) is 8.42 Å². The van der Waals surface area contributed by atoms with Crippen LogP contribution in [-0.2, 0) is 16.6 Å². The smallest absolute Gasteiger partial charge is 0.279 e. The Kier molecular flexibility index (Phi) is 8.53. The van der Waals surface area contributed by atoms with E-state index in [1.54, 1.807) is 22.8 Å². The van der Waals surface area contributed by atoms with E-state index in [0.717, 1.165) is 23.1 Å². The minimum Gasteiger partial charge on any atom is -0.311 e. The molecule has 2 aromatic carbocycles. The Morgan fingerprint density at radius 2 is 1.79 bits per heavy atom. The number of hydrogen-bond donors (Lipinski definition) is 0. The molecule has 0 saturated heterocycles. The molecule has 6 nitrogen and oxygen atoms in total. The van der Waals surface area contributed by atoms with Gasteiger partial charge < -0.3 is 4.57 Å². The van der Waals surface area contributed by atoms with Crippen molar-refractivity contribution in [2.75, 3.05) is 13.1 Å². The summed E-state index contributed by atoms with van der Waals surface area (Å²) < 4.78 is 30.0. The van der Waals surface area contributed by atoms with Gasteiger partial charge in [-0.3, -0.25) is 4.79 Å². The number of carbonyl (C=O) groups is 1. The number of fused-ring (bicyclic) bond motifs is 1. The molecule has 1 aromatic heterocycles. The normalized spacial score (nSPS) is 12.6. The maximum Gasteiger partial charge on any atom is 0.279 e. The van der Waals surface area contributed by atoms with Crippen molar-refractivity contribution < 1.29 is 13.2 Å². The van der Waals surface area contributed by atoms with Crippen LogP contribution in [0, 0.1) is 0 Å². The van der Waals surface area contributed by atoms with E-state index in [2.05, 4.69) is 11.6 Å². The predicted molar refractivity (Wildman–Crippen MR) is 136 cm³/mol. The van der Waals surface area contributed by atoms with E-state index in [-0.39, 0.29) is 4.90 Å². The number of halogens is 2. The lowest BCUT2D eigenvalue weighted by molar-refractivity contribution is 0.0997. The largest absolute Gasteiger partial charge is 0.311 e. The second kappa shape index (κ2) is 11.0. The number of nitrogens with zero attached hydrogens (tertiary/aromatic N) is 3. The third kappa shape index (κ3) is 5.58. The van der Waals surface area contributed by atoms with E-state index in [1.807, 2.05) is 13.8 Å². The molecule has 0 saturated carbocycles. The minimum atomic E-state index is -3.62. The van der Waals surface area contributed by atoms with Gasteiger partial charge in [0.1, 0.15) is 0 Å². The number of amides is 1. The van der Waals surface area contributed by atoms with Gasteiger partial charge in [0.25, 0.3) is 5.91 Å². The Morgan fingerprint density at radius 1 is 1.15 bits per heavy atom. The molecule has 3 rings (SSSR count). The predicted octanol–water partition coefficient (Wildman–Crippen LogP) is 5.75. The Balaban J connectivity index is 1.99. The van der Waals surface area contributed by atoms with E-state index in [0.29, 0.717) is 40.0 Å². The van der Waals surface area contributed by atoms with Crippen LogP contribution in [0.4, 0.5) is 0 Å². The molecular weight excluding hydrogens is 501 g/mol. The van der Waals surface area contributed by atoms with E-state index >= 15 is 0 Å². The number of hydrogen-bond acceptors (Lipinski definition) is 4. The van der Waals surface area contributed by atoms with E-state index < -0.39 is 15.9 Å². The summed E-state index contributed by atoms with van der Waals surface area (Å²) in [6.07, 6.45) is 3.15. The Morgan fingerprint density at radius 3 is 2.36 bits per heavy atom. The highest BCUT2D eigenvalue weighted by Gasteiger charge is 2.23. The number of aromatic nitrogens is 1. The van der Waals surface area contributed by atoms with Crippen LogP contribution in [0.25, 0.3) is 10.2 Å². The molecule has 0 radical (unpaired) electrons. The van der Waals surface area contributed by atoms with E-state index in [1.165, 1.54) is 39.9 Å². The molecule has 0 spiro atoms. The van der Waals surface area contributed by atoms with Crippen molar-refractivity contribution in [3.05, 3.63) is 69.5 Å². The Hall–Kier alpha value is -1.97. The fraction of sp³-hybridized carbons (Fsp3) is 0.304. The van der Waals surface area contributed by atoms with Crippen LogP contribution in [0.2, 0.25) is 10.0 Å². The second-order valence-electron chi connectivity index (χ2n) is 7.36. The third-order valence-corrected chi connectivity index (χ3v) is 8.33. The molecule has 3 aromatic rings. The van der Waals surface area contributed by atoms with E-state index in [9.17, 15) is 13.2 Å². The summed E-state index contributed by atoms with van der Waals surface area (Å²) in [5, 5.41) is 0.956. The molecule has 0 unspecified atom stereocenters. The average Bonchev–Trinajstić information content (AvgIpc) is 3.10. The second-order valence-corrected chi connectivity index (χ2v) is 11.2. The summed E-state index contributed by atoms with van der Waals surface area (Å²) >= 11 is 13.8. The van der Waals surface area contributed by atoms with Gasteiger partial charge in [0.2, 0.25) is 10.0 Å². The minimum absolute atomic E-state index is 0.158. The average molecular weight is 527 g/mol. The number of rotatable bonds is 9. The quantitative estimate of drug-likeness (QED) is 0.334. The molecule has 33 heavy (non-hydrogen) atoms. The molecule has 0 bridgehead atoms. The first-order chi connectivity index (χ1) is 15.7. The summed E-state index contributed by atoms with van der Waals surface area (Å²) in [5.41, 5.74) is 1.02. The van der Waals surface area contributed by atoms with Gasteiger partial charge in [-0.05, 0) is 49.2 Å². The highest BCUT2D eigenvalue weighted by Crippen LogP contribution is 2.29. The first-order valence-electron chi connectivity index (χ1n) is 10.5. The molecule has 0 aliphatic carbocycles. The standard InChI is InChI=1S/C23H25Cl2N3O3S2/c1-4-11-27(12-5-2)33(30,31)18-9-7-16(8-10-18)22(29)26-23-28(13-6-3)21-19(25)14-17(24)15-20(21)32-23/h6-10,14-15H,3-5,11-13H2,1-2H3. The van der Waals surface area contributed by atoms with Crippen LogP contribution in [-0.4, -0.2) is 36.3 Å². The maximum absolute atomic E-state index is 12.9. The lowest BCUT2D eigenvalue weighted by Gasteiger charge is -2.21. The number of thiazole rings is 1. The molecule has 1 heterocycles. The van der Waals surface area contributed by atoms with Crippen molar-refractivity contribution in [3.63, 3.8) is 0 Å². The highest BCUT2D eigenvalue weighted by molar-refractivity contribution is 7.89. The van der Waals surface area contributed by atoms with Crippen LogP contribution in [0.15, 0.2) is 58.9 Å². The fourth-order valence-corrected chi connectivity index (χ4v) is 6.88. The zero-order chi connectivity index (χ0) is 24.2. The summed E-state index contributed by atoms with van der Waals surface area (Å²) in [6.45, 7) is 8.96. The van der Waals surface area contributed by atoms with Crippen molar-refractivity contribution in [3.8, 4) is 0 Å². The molecule has 0 aliphatic rings. The van der Waals surface area contributed by atoms with Crippen LogP contribution in [0.1, 0.15) is 37.0 Å². The highest BCUT2D eigenvalue weighted by atomic mass is 35.5. The van der Waals surface area contributed by atoms with Gasteiger partial charge in [0, 0.05) is 30.2 Å². The molecular formula is C23H25Cl2N3O3S2. The molecule has 0 fully saturated rings. The fourth-order valence-electron chi connectivity index (χ4n) is 3.43. The summed E-state index contributed by atoms with van der Waals surface area (Å²) in [6, 6.07) is 9.30. The maximum atomic E-state index is 12.9. The van der Waals surface area contributed by atoms with E-state index in [4.69, 9.17) is 23.2 Å². The van der Waals surface area contributed by atoms with Crippen molar-refractivity contribution >= 4 is 60.7 Å². The zero-order valence-corrected chi connectivity index (χ0v) is 21.6. The monoisotopic (exact) mass is 525 g/mol. The number of sulfonamides is 1. The first kappa shape index (κ1) is 25.6. The topological polar surface area (TPSA) is 71.7 Å². The lowest BCUT2D eigenvalue weighted by atomic mass is 10.2. The van der Waals surface area contributed by atoms with Gasteiger partial charge in [0.05, 0.1) is 20.1 Å². The summed E-state index contributed by atoms with van der Waals surface area (Å²) in [5.74, 6) is -0.482. The first-order valence-corrected chi connectivity index (χ1v) is 13.5. The number of benzene rings is 2. The molecule has 0 aliphatic heterocycles. The van der Waals surface area contributed by atoms with Crippen molar-refractivity contribution in [1.29, 1.82) is 0 Å². The Bertz CT molecular complexity index is 1340. The Labute approximate surface area is 207 Å². The summed E-state index contributed by atoms with van der Waals surface area (Å²) in [7, 11) is -3.62. The van der Waals surface area contributed by atoms with Gasteiger partial charge in [-0.2, -0.15) is 9.30 Å². The summed E-state index contributed by atoms with van der Waals surface area (Å²) in [4.78, 5) is 17.8. The van der Waals surface area contributed by atoms with Crippen LogP contribution >= 0.6 is 34.5 Å². The van der Waals surface area contributed by atoms with Gasteiger partial charge in [-0.15, -0.1) is 6.58 Å². The third-order valence-electron chi connectivity index (χ3n) is 4.89. The number of carbonyl (C=O) groups excluding carboxylic acids is 1. The lowest BCUT2D eigenvalue weighted by Crippen LogP contribution is -2.32. The van der Waals surface area contributed by atoms with Crippen LogP contribution in [0.3, 0.4) is 0 Å². The molecule has 0 N–H and O–H groups in total. The number of allylic oxidation sites excluding steroid dienone is 1. The molecule has 1 amide bonds. The van der Waals surface area contributed by atoms with Gasteiger partial charge in [-0.1, -0.05) is 54.5 Å². The zero-order valence-electron chi connectivity index (χ0n) is 18.4. The SMILES string of the molecule is C=CCn1c(=NC(=O)c2ccc(S(=O)(=O)N(CCC)CCC)cc2)sc2cc(Cl)cc(Cl)c21. The van der Waals surface area contributed by atoms with Gasteiger partial charge in [0.15, 0.2) is 4.80 Å². The molecule has 0 atom stereocenters. The molecule has 176 valence electrons. The van der Waals surface area contributed by atoms with Gasteiger partial charge >= 0.3 is 0 Å². The van der Waals surface area contributed by atoms with Crippen molar-refractivity contribution in [1.82, 2.24) is 8.87 Å². The van der Waals surface area contributed by atoms with Crippen LogP contribution < -0.4 is 4.80 Å². The van der Waals surface area contributed by atoms with Crippen LogP contribution in [0.5, 0.6) is 0 Å². The van der Waals surface area contributed by atoms with Crippen molar-refractivity contribution in [2.24, 2.45) is 4.99 Å². The molecule has 10 heteroatoms.